The largest absolute Gasteiger partial charge is 0.352 e. The van der Waals surface area contributed by atoms with Gasteiger partial charge >= 0.3 is 0 Å². The van der Waals surface area contributed by atoms with Gasteiger partial charge in [-0.1, -0.05) is 31.7 Å². The van der Waals surface area contributed by atoms with Crippen LogP contribution in [-0.2, 0) is 9.47 Å². The van der Waals surface area contributed by atoms with Gasteiger partial charge in [0.25, 0.3) is 0 Å². The Hall–Kier alpha value is -1.00. The van der Waals surface area contributed by atoms with Crippen molar-refractivity contribution in [1.29, 1.82) is 0 Å². The molecule has 2 nitrogen and oxygen atoms in total. The summed E-state index contributed by atoms with van der Waals surface area (Å²) >= 11 is 0. The summed E-state index contributed by atoms with van der Waals surface area (Å²) in [6.07, 6.45) is 9.37. The molecule has 3 aliphatic rings. The first-order valence-corrected chi connectivity index (χ1v) is 9.89. The number of rotatable bonds is 3. The SMILES string of the molecule is Fc1ccc([C@H]2CC[C@H]([C@H]3OC[C@H](C4CCCC4)CO3)CC2)cc1F. The van der Waals surface area contributed by atoms with Gasteiger partial charge in [0.2, 0.25) is 0 Å². The molecule has 25 heavy (non-hydrogen) atoms. The molecule has 0 aromatic heterocycles. The van der Waals surface area contributed by atoms with E-state index < -0.39 is 11.6 Å². The summed E-state index contributed by atoms with van der Waals surface area (Å²) < 4.78 is 38.7. The normalized spacial score (nSPS) is 34.3. The van der Waals surface area contributed by atoms with Crippen molar-refractivity contribution >= 4 is 0 Å². The van der Waals surface area contributed by atoms with E-state index in [1.807, 2.05) is 0 Å². The van der Waals surface area contributed by atoms with Crippen LogP contribution in [-0.4, -0.2) is 19.5 Å². The van der Waals surface area contributed by atoms with Crippen LogP contribution >= 0.6 is 0 Å². The highest BCUT2D eigenvalue weighted by atomic mass is 19.2. The van der Waals surface area contributed by atoms with E-state index in [1.54, 1.807) is 6.07 Å². The molecule has 4 heteroatoms. The average Bonchev–Trinajstić information content (AvgIpc) is 3.19. The van der Waals surface area contributed by atoms with Crippen LogP contribution in [0.2, 0.25) is 0 Å². The van der Waals surface area contributed by atoms with E-state index in [-0.39, 0.29) is 6.29 Å². The zero-order valence-corrected chi connectivity index (χ0v) is 14.8. The highest BCUT2D eigenvalue weighted by Crippen LogP contribution is 2.40. The van der Waals surface area contributed by atoms with Crippen LogP contribution in [0.1, 0.15) is 62.8 Å². The number of ether oxygens (including phenoxy) is 2. The summed E-state index contributed by atoms with van der Waals surface area (Å²) in [4.78, 5) is 0. The summed E-state index contributed by atoms with van der Waals surface area (Å²) in [5.74, 6) is 0.629. The van der Waals surface area contributed by atoms with Crippen molar-refractivity contribution in [2.24, 2.45) is 17.8 Å². The van der Waals surface area contributed by atoms with Crippen molar-refractivity contribution in [3.63, 3.8) is 0 Å². The quantitative estimate of drug-likeness (QED) is 0.725. The lowest BCUT2D eigenvalue weighted by atomic mass is 9.78. The zero-order chi connectivity index (χ0) is 17.2. The minimum atomic E-state index is -0.766. The Balaban J connectivity index is 1.27. The van der Waals surface area contributed by atoms with E-state index >= 15 is 0 Å². The molecule has 138 valence electrons. The van der Waals surface area contributed by atoms with Crippen molar-refractivity contribution in [3.05, 3.63) is 35.4 Å². The van der Waals surface area contributed by atoms with Crippen LogP contribution in [0.5, 0.6) is 0 Å². The van der Waals surface area contributed by atoms with Crippen molar-refractivity contribution in [1.82, 2.24) is 0 Å². The second-order valence-corrected chi connectivity index (χ2v) is 8.12. The van der Waals surface area contributed by atoms with E-state index in [0.717, 1.165) is 50.4 Å². The molecule has 4 rings (SSSR count). The van der Waals surface area contributed by atoms with Gasteiger partial charge in [-0.3, -0.25) is 0 Å². The molecule has 0 radical (unpaired) electrons. The smallest absolute Gasteiger partial charge is 0.160 e. The van der Waals surface area contributed by atoms with Gasteiger partial charge in [-0.15, -0.1) is 0 Å². The minimum absolute atomic E-state index is 0.0662. The first kappa shape index (κ1) is 17.4. The van der Waals surface area contributed by atoms with Gasteiger partial charge in [0.15, 0.2) is 17.9 Å². The second kappa shape index (κ2) is 7.71. The molecule has 1 aliphatic heterocycles. The molecule has 0 amide bonds. The summed E-state index contributed by atoms with van der Waals surface area (Å²) in [5, 5.41) is 0. The molecular formula is C21H28F2O2. The Morgan fingerprint density at radius 3 is 2.04 bits per heavy atom. The molecule has 1 aromatic rings. The molecule has 2 aliphatic carbocycles. The van der Waals surface area contributed by atoms with Crippen molar-refractivity contribution in [2.45, 2.75) is 63.6 Å². The monoisotopic (exact) mass is 350 g/mol. The third-order valence-corrected chi connectivity index (χ3v) is 6.59. The summed E-state index contributed by atoms with van der Waals surface area (Å²) in [6.45, 7) is 1.69. The van der Waals surface area contributed by atoms with Crippen molar-refractivity contribution in [2.75, 3.05) is 13.2 Å². The van der Waals surface area contributed by atoms with Crippen LogP contribution in [0.15, 0.2) is 18.2 Å². The maximum absolute atomic E-state index is 13.5. The second-order valence-electron chi connectivity index (χ2n) is 8.12. The zero-order valence-electron chi connectivity index (χ0n) is 14.8. The van der Waals surface area contributed by atoms with Crippen LogP contribution in [0.4, 0.5) is 8.78 Å². The van der Waals surface area contributed by atoms with Crippen LogP contribution in [0.3, 0.4) is 0 Å². The number of halogens is 2. The first-order chi connectivity index (χ1) is 12.2. The van der Waals surface area contributed by atoms with Gasteiger partial charge in [-0.2, -0.15) is 0 Å². The fourth-order valence-corrected chi connectivity index (χ4v) is 5.00. The van der Waals surface area contributed by atoms with Crippen LogP contribution in [0.25, 0.3) is 0 Å². The highest BCUT2D eigenvalue weighted by Gasteiger charge is 2.35. The number of hydrogen-bond acceptors (Lipinski definition) is 2. The maximum atomic E-state index is 13.5. The standard InChI is InChI=1S/C21H28F2O2/c22-19-10-9-17(11-20(19)23)15-5-7-16(8-6-15)21-24-12-18(13-25-21)14-3-1-2-4-14/h9-11,14-16,18,21H,1-8,12-13H2/t15-,16-,18-,21-. The Kier molecular flexibility index (Phi) is 5.37. The Bertz CT molecular complexity index is 569. The molecule has 0 spiro atoms. The predicted octanol–water partition coefficient (Wildman–Crippen LogP) is 5.42. The summed E-state index contributed by atoms with van der Waals surface area (Å²) in [7, 11) is 0. The molecule has 0 bridgehead atoms. The Morgan fingerprint density at radius 1 is 0.720 bits per heavy atom. The third-order valence-electron chi connectivity index (χ3n) is 6.59. The van der Waals surface area contributed by atoms with Crippen LogP contribution in [0, 0.1) is 29.4 Å². The first-order valence-electron chi connectivity index (χ1n) is 9.89. The molecule has 0 N–H and O–H groups in total. The topological polar surface area (TPSA) is 18.5 Å². The molecular weight excluding hydrogens is 322 g/mol. The molecule has 1 saturated heterocycles. The molecule has 0 unspecified atom stereocenters. The van der Waals surface area contributed by atoms with E-state index in [9.17, 15) is 8.78 Å². The summed E-state index contributed by atoms with van der Waals surface area (Å²) in [6, 6.07) is 4.33. The van der Waals surface area contributed by atoms with Gasteiger partial charge in [-0.25, -0.2) is 8.78 Å². The van der Waals surface area contributed by atoms with Gasteiger partial charge < -0.3 is 9.47 Å². The van der Waals surface area contributed by atoms with Crippen LogP contribution < -0.4 is 0 Å². The van der Waals surface area contributed by atoms with E-state index in [1.165, 1.54) is 37.8 Å². The van der Waals surface area contributed by atoms with Gasteiger partial charge in [0.1, 0.15) is 0 Å². The molecule has 0 atom stereocenters. The van der Waals surface area contributed by atoms with Gasteiger partial charge in [0, 0.05) is 11.8 Å². The fraction of sp³-hybridized carbons (Fsp3) is 0.714. The fourth-order valence-electron chi connectivity index (χ4n) is 5.00. The molecule has 2 saturated carbocycles. The number of benzene rings is 1. The van der Waals surface area contributed by atoms with Crippen molar-refractivity contribution in [3.8, 4) is 0 Å². The van der Waals surface area contributed by atoms with Crippen molar-refractivity contribution < 1.29 is 18.3 Å². The van der Waals surface area contributed by atoms with Gasteiger partial charge in [0.05, 0.1) is 13.2 Å². The lowest BCUT2D eigenvalue weighted by Crippen LogP contribution is -2.40. The van der Waals surface area contributed by atoms with E-state index in [4.69, 9.17) is 9.47 Å². The summed E-state index contributed by atoms with van der Waals surface area (Å²) in [5.41, 5.74) is 0.920. The third kappa shape index (κ3) is 3.90. The lowest BCUT2D eigenvalue weighted by Gasteiger charge is -2.39. The molecule has 3 fully saturated rings. The minimum Gasteiger partial charge on any atom is -0.352 e. The van der Waals surface area contributed by atoms with Gasteiger partial charge in [-0.05, 0) is 55.2 Å². The maximum Gasteiger partial charge on any atom is 0.160 e. The highest BCUT2D eigenvalue weighted by molar-refractivity contribution is 5.22. The number of hydrogen-bond donors (Lipinski definition) is 0. The molecule has 1 aromatic carbocycles. The molecule has 1 heterocycles. The van der Waals surface area contributed by atoms with E-state index in [0.29, 0.717) is 17.8 Å². The Labute approximate surface area is 148 Å². The van der Waals surface area contributed by atoms with E-state index in [2.05, 4.69) is 0 Å². The Morgan fingerprint density at radius 2 is 1.40 bits per heavy atom. The lowest BCUT2D eigenvalue weighted by molar-refractivity contribution is -0.234. The average molecular weight is 350 g/mol. The predicted molar refractivity (Wildman–Crippen MR) is 92.2 cm³/mol.